The number of nitrogens with zero attached hydrogens (tertiary/aromatic N) is 2. The summed E-state index contributed by atoms with van der Waals surface area (Å²) in [5.41, 5.74) is 4.97. The highest BCUT2D eigenvalue weighted by Gasteiger charge is 2.21. The molecule has 0 radical (unpaired) electrons. The van der Waals surface area contributed by atoms with E-state index in [1.165, 1.54) is 5.56 Å². The summed E-state index contributed by atoms with van der Waals surface area (Å²) in [7, 11) is 0. The molecule has 1 aromatic heterocycles. The molecule has 1 fully saturated rings. The van der Waals surface area contributed by atoms with Gasteiger partial charge in [-0.3, -0.25) is 9.78 Å². The molecular weight excluding hydrogens is 280 g/mol. The van der Waals surface area contributed by atoms with E-state index in [0.717, 1.165) is 52.3 Å². The van der Waals surface area contributed by atoms with Crippen molar-refractivity contribution in [3.8, 4) is 0 Å². The number of fused-ring (bicyclic) bond motifs is 1. The zero-order chi connectivity index (χ0) is 15.0. The van der Waals surface area contributed by atoms with Gasteiger partial charge in [-0.15, -0.1) is 0 Å². The molecule has 0 unspecified atom stereocenters. The van der Waals surface area contributed by atoms with Gasteiger partial charge in [-0.1, -0.05) is 11.6 Å². The average Bonchev–Trinajstić information content (AvgIpc) is 2.47. The number of aromatic nitrogens is 1. The third kappa shape index (κ3) is 2.77. The van der Waals surface area contributed by atoms with E-state index in [9.17, 15) is 4.79 Å². The van der Waals surface area contributed by atoms with Crippen LogP contribution in [0.1, 0.15) is 27.2 Å². The van der Waals surface area contributed by atoms with Gasteiger partial charge in [0.2, 0.25) is 0 Å². The van der Waals surface area contributed by atoms with Crippen LogP contribution in [0.2, 0.25) is 0 Å². The molecule has 0 bridgehead atoms. The molecule has 2 heterocycles. The summed E-state index contributed by atoms with van der Waals surface area (Å²) in [6.45, 7) is 7.78. The lowest BCUT2D eigenvalue weighted by molar-refractivity contribution is 0.0774. The molecule has 1 amide bonds. The summed E-state index contributed by atoms with van der Waals surface area (Å²) in [5.74, 6) is 2.22. The van der Waals surface area contributed by atoms with Crippen LogP contribution in [0.3, 0.4) is 0 Å². The van der Waals surface area contributed by atoms with E-state index in [4.69, 9.17) is 0 Å². The molecule has 0 atom stereocenters. The highest BCUT2D eigenvalue weighted by Crippen LogP contribution is 2.25. The second-order valence-electron chi connectivity index (χ2n) is 5.69. The summed E-state index contributed by atoms with van der Waals surface area (Å²) in [4.78, 5) is 19.5. The van der Waals surface area contributed by atoms with E-state index < -0.39 is 0 Å². The van der Waals surface area contributed by atoms with Crippen molar-refractivity contribution in [3.05, 3.63) is 40.6 Å². The molecule has 0 aliphatic carbocycles. The van der Waals surface area contributed by atoms with E-state index >= 15 is 0 Å². The fraction of sp³-hybridized carbons (Fsp3) is 0.412. The van der Waals surface area contributed by atoms with Crippen molar-refractivity contribution in [1.29, 1.82) is 0 Å². The first-order valence-corrected chi connectivity index (χ1v) is 8.47. The van der Waals surface area contributed by atoms with Gasteiger partial charge < -0.3 is 4.90 Å². The van der Waals surface area contributed by atoms with Crippen molar-refractivity contribution in [1.82, 2.24) is 9.88 Å². The predicted molar refractivity (Wildman–Crippen MR) is 89.2 cm³/mol. The second-order valence-corrected chi connectivity index (χ2v) is 6.92. The first-order valence-electron chi connectivity index (χ1n) is 7.32. The molecule has 21 heavy (non-hydrogen) atoms. The average molecular weight is 300 g/mol. The standard InChI is InChI=1S/C17H20N2OS/c1-11-8-12(2)16-14(9-11)15(10-13(3)18-16)17(20)19-4-6-21-7-5-19/h8-10H,4-7H2,1-3H3. The number of rotatable bonds is 1. The Kier molecular flexibility index (Phi) is 3.89. The van der Waals surface area contributed by atoms with Gasteiger partial charge in [0.1, 0.15) is 0 Å². The number of thioether (sulfide) groups is 1. The molecule has 0 spiro atoms. The molecule has 0 N–H and O–H groups in total. The molecule has 3 nitrogen and oxygen atoms in total. The highest BCUT2D eigenvalue weighted by atomic mass is 32.2. The number of hydrogen-bond donors (Lipinski definition) is 0. The lowest BCUT2D eigenvalue weighted by atomic mass is 10.0. The van der Waals surface area contributed by atoms with E-state index in [-0.39, 0.29) is 5.91 Å². The number of pyridine rings is 1. The molecule has 1 aromatic carbocycles. The van der Waals surface area contributed by atoms with Gasteiger partial charge in [-0.05, 0) is 38.5 Å². The quantitative estimate of drug-likeness (QED) is 0.810. The van der Waals surface area contributed by atoms with Crippen LogP contribution in [0, 0.1) is 20.8 Å². The van der Waals surface area contributed by atoms with Gasteiger partial charge in [0.15, 0.2) is 0 Å². The summed E-state index contributed by atoms with van der Waals surface area (Å²) in [5, 5.41) is 0.987. The Balaban J connectivity index is 2.14. The number of hydrogen-bond acceptors (Lipinski definition) is 3. The summed E-state index contributed by atoms with van der Waals surface area (Å²) in [6, 6.07) is 6.15. The lowest BCUT2D eigenvalue weighted by Gasteiger charge is -2.27. The molecule has 2 aromatic rings. The SMILES string of the molecule is Cc1cc(C)c2nc(C)cc(C(=O)N3CCSCC3)c2c1. The van der Waals surface area contributed by atoms with Gasteiger partial charge in [0, 0.05) is 35.7 Å². The Hall–Kier alpha value is -1.55. The fourth-order valence-electron chi connectivity index (χ4n) is 2.92. The topological polar surface area (TPSA) is 33.2 Å². The van der Waals surface area contributed by atoms with Crippen LogP contribution in [0.25, 0.3) is 10.9 Å². The Bertz CT molecular complexity index is 705. The fourth-order valence-corrected chi connectivity index (χ4v) is 3.83. The maximum atomic E-state index is 12.9. The maximum absolute atomic E-state index is 12.9. The Morgan fingerprint density at radius 1 is 1.14 bits per heavy atom. The van der Waals surface area contributed by atoms with E-state index in [2.05, 4.69) is 31.0 Å². The van der Waals surface area contributed by atoms with Gasteiger partial charge in [0.05, 0.1) is 11.1 Å². The minimum absolute atomic E-state index is 0.149. The summed E-state index contributed by atoms with van der Waals surface area (Å²) < 4.78 is 0. The zero-order valence-corrected chi connectivity index (χ0v) is 13.6. The Morgan fingerprint density at radius 3 is 2.57 bits per heavy atom. The van der Waals surface area contributed by atoms with Crippen molar-refractivity contribution in [2.45, 2.75) is 20.8 Å². The largest absolute Gasteiger partial charge is 0.337 e. The molecule has 4 heteroatoms. The first kappa shape index (κ1) is 14.4. The zero-order valence-electron chi connectivity index (χ0n) is 12.8. The smallest absolute Gasteiger partial charge is 0.254 e. The minimum Gasteiger partial charge on any atom is -0.337 e. The third-order valence-corrected chi connectivity index (χ3v) is 4.85. The normalized spacial score (nSPS) is 15.5. The number of carbonyl (C=O) groups is 1. The Morgan fingerprint density at radius 2 is 1.86 bits per heavy atom. The Labute approximate surface area is 129 Å². The van der Waals surface area contributed by atoms with Crippen molar-refractivity contribution in [2.24, 2.45) is 0 Å². The van der Waals surface area contributed by atoms with Gasteiger partial charge in [0.25, 0.3) is 5.91 Å². The van der Waals surface area contributed by atoms with E-state index in [1.807, 2.05) is 29.7 Å². The van der Waals surface area contributed by atoms with Crippen LogP contribution in [-0.2, 0) is 0 Å². The van der Waals surface area contributed by atoms with Crippen LogP contribution >= 0.6 is 11.8 Å². The van der Waals surface area contributed by atoms with Crippen molar-refractivity contribution < 1.29 is 4.79 Å². The number of carbonyl (C=O) groups excluding carboxylic acids is 1. The minimum atomic E-state index is 0.149. The molecular formula is C17H20N2OS. The number of benzene rings is 1. The molecule has 110 valence electrons. The van der Waals surface area contributed by atoms with Gasteiger partial charge in [-0.2, -0.15) is 11.8 Å². The van der Waals surface area contributed by atoms with Gasteiger partial charge in [-0.25, -0.2) is 0 Å². The number of amides is 1. The molecule has 0 saturated carbocycles. The van der Waals surface area contributed by atoms with Crippen molar-refractivity contribution >= 4 is 28.6 Å². The summed E-state index contributed by atoms with van der Waals surface area (Å²) in [6.07, 6.45) is 0. The van der Waals surface area contributed by atoms with Crippen LogP contribution < -0.4 is 0 Å². The van der Waals surface area contributed by atoms with E-state index in [1.54, 1.807) is 0 Å². The molecule has 1 aliphatic heterocycles. The third-order valence-electron chi connectivity index (χ3n) is 3.91. The van der Waals surface area contributed by atoms with Crippen LogP contribution in [0.15, 0.2) is 18.2 Å². The molecule has 3 rings (SSSR count). The van der Waals surface area contributed by atoms with Crippen molar-refractivity contribution in [3.63, 3.8) is 0 Å². The number of aryl methyl sites for hydroxylation is 3. The monoisotopic (exact) mass is 300 g/mol. The second kappa shape index (κ2) is 5.68. The van der Waals surface area contributed by atoms with Crippen molar-refractivity contribution in [2.75, 3.05) is 24.6 Å². The van der Waals surface area contributed by atoms with Crippen LogP contribution in [0.4, 0.5) is 0 Å². The maximum Gasteiger partial charge on any atom is 0.254 e. The molecule has 1 saturated heterocycles. The van der Waals surface area contributed by atoms with Crippen LogP contribution in [0.5, 0.6) is 0 Å². The lowest BCUT2D eigenvalue weighted by Crippen LogP contribution is -2.38. The van der Waals surface area contributed by atoms with Crippen LogP contribution in [-0.4, -0.2) is 40.4 Å². The van der Waals surface area contributed by atoms with Gasteiger partial charge >= 0.3 is 0 Å². The predicted octanol–water partition coefficient (Wildman–Crippen LogP) is 3.35. The first-order chi connectivity index (χ1) is 10.1. The highest BCUT2D eigenvalue weighted by molar-refractivity contribution is 7.99. The molecule has 1 aliphatic rings. The summed E-state index contributed by atoms with van der Waals surface area (Å²) >= 11 is 1.92. The van der Waals surface area contributed by atoms with E-state index in [0.29, 0.717) is 0 Å².